The van der Waals surface area contributed by atoms with E-state index in [1.807, 2.05) is 0 Å². The lowest BCUT2D eigenvalue weighted by atomic mass is 10.3. The maximum Gasteiger partial charge on any atom is 0.276 e. The molecule has 0 aromatic carbocycles. The monoisotopic (exact) mass is 257 g/mol. The highest BCUT2D eigenvalue weighted by molar-refractivity contribution is 5.54. The second-order valence-corrected chi connectivity index (χ2v) is 3.26. The Morgan fingerprint density at radius 3 is 2.78 bits per heavy atom. The Kier molecular flexibility index (Phi) is 5.77. The van der Waals surface area contributed by atoms with Crippen molar-refractivity contribution in [3.8, 4) is 0 Å². The topological polar surface area (TPSA) is 136 Å². The molecule has 5 N–H and O–H groups in total. The van der Waals surface area contributed by atoms with Gasteiger partial charge in [-0.1, -0.05) is 0 Å². The summed E-state index contributed by atoms with van der Waals surface area (Å²) in [5.74, 6) is 5.69. The van der Waals surface area contributed by atoms with Crippen molar-refractivity contribution in [3.05, 3.63) is 22.2 Å². The van der Waals surface area contributed by atoms with Gasteiger partial charge in [-0.15, -0.1) is 0 Å². The van der Waals surface area contributed by atoms with Gasteiger partial charge in [0.2, 0.25) is 0 Å². The summed E-state index contributed by atoms with van der Waals surface area (Å²) >= 11 is 0. The van der Waals surface area contributed by atoms with Gasteiger partial charge in [0, 0.05) is 6.54 Å². The van der Waals surface area contributed by atoms with Crippen LogP contribution in [0.15, 0.2) is 12.1 Å². The minimum absolute atomic E-state index is 0.0453. The molecule has 18 heavy (non-hydrogen) atoms. The van der Waals surface area contributed by atoms with Gasteiger partial charge in [0.15, 0.2) is 0 Å². The number of nitro groups is 1. The molecule has 0 unspecified atom stereocenters. The molecule has 0 aliphatic heterocycles. The number of anilines is 2. The summed E-state index contributed by atoms with van der Waals surface area (Å²) in [5, 5.41) is 22.0. The van der Waals surface area contributed by atoms with Crippen molar-refractivity contribution in [1.82, 2.24) is 4.98 Å². The summed E-state index contributed by atoms with van der Waals surface area (Å²) in [4.78, 5) is 14.1. The van der Waals surface area contributed by atoms with Gasteiger partial charge in [-0.05, 0) is 0 Å². The number of hydrazine groups is 1. The third kappa shape index (κ3) is 4.49. The number of nitrogens with zero attached hydrogens (tertiary/aromatic N) is 2. The Morgan fingerprint density at radius 1 is 1.44 bits per heavy atom. The summed E-state index contributed by atoms with van der Waals surface area (Å²) in [5.41, 5.74) is 2.14. The summed E-state index contributed by atoms with van der Waals surface area (Å²) in [6.07, 6.45) is 0. The number of hydrogen-bond donors (Lipinski definition) is 4. The molecular formula is C9H15N5O4. The summed E-state index contributed by atoms with van der Waals surface area (Å²) in [7, 11) is 0. The van der Waals surface area contributed by atoms with Gasteiger partial charge in [0.1, 0.15) is 11.6 Å². The van der Waals surface area contributed by atoms with Crippen molar-refractivity contribution in [2.45, 2.75) is 0 Å². The molecule has 0 bridgehead atoms. The number of nitrogen functional groups attached to an aromatic ring is 1. The lowest BCUT2D eigenvalue weighted by Crippen LogP contribution is -2.14. The smallest absolute Gasteiger partial charge is 0.276 e. The van der Waals surface area contributed by atoms with Crippen LogP contribution in [-0.4, -0.2) is 41.4 Å². The summed E-state index contributed by atoms with van der Waals surface area (Å²) in [6, 6.07) is 2.53. The number of ether oxygens (including phenoxy) is 1. The highest BCUT2D eigenvalue weighted by Gasteiger charge is 2.10. The molecule has 9 heteroatoms. The van der Waals surface area contributed by atoms with Crippen molar-refractivity contribution in [1.29, 1.82) is 0 Å². The molecule has 1 aromatic rings. The van der Waals surface area contributed by atoms with Gasteiger partial charge in [-0.3, -0.25) is 10.1 Å². The van der Waals surface area contributed by atoms with Gasteiger partial charge in [0.05, 0.1) is 36.9 Å². The van der Waals surface area contributed by atoms with Gasteiger partial charge >= 0.3 is 0 Å². The average molecular weight is 257 g/mol. The molecule has 0 atom stereocenters. The van der Waals surface area contributed by atoms with Crippen LogP contribution in [-0.2, 0) is 4.74 Å². The number of aliphatic hydroxyl groups excluding tert-OH is 1. The van der Waals surface area contributed by atoms with Crippen molar-refractivity contribution in [3.63, 3.8) is 0 Å². The normalized spacial score (nSPS) is 10.1. The molecule has 0 saturated carbocycles. The maximum atomic E-state index is 10.7. The molecule has 0 radical (unpaired) electrons. The van der Waals surface area contributed by atoms with E-state index in [-0.39, 0.29) is 24.7 Å². The first-order chi connectivity index (χ1) is 8.67. The Morgan fingerprint density at radius 2 is 2.17 bits per heavy atom. The Hall–Kier alpha value is -1.97. The zero-order valence-corrected chi connectivity index (χ0v) is 9.63. The van der Waals surface area contributed by atoms with E-state index < -0.39 is 4.92 Å². The van der Waals surface area contributed by atoms with Crippen LogP contribution < -0.4 is 16.6 Å². The third-order valence-corrected chi connectivity index (χ3v) is 1.96. The van der Waals surface area contributed by atoms with Crippen LogP contribution in [0.25, 0.3) is 0 Å². The molecule has 9 nitrogen and oxygen atoms in total. The standard InChI is InChI=1S/C9H15N5O4/c10-13-9-6-7(14(16)17)5-8(12-9)11-1-3-18-4-2-15/h5-6,15H,1-4,10H2,(H2,11,12,13). The SMILES string of the molecule is NNc1cc([N+](=O)[O-])cc(NCCOCCO)n1. The zero-order chi connectivity index (χ0) is 13.4. The molecule has 1 rings (SSSR count). The van der Waals surface area contributed by atoms with Crippen molar-refractivity contribution in [2.24, 2.45) is 5.84 Å². The molecule has 0 amide bonds. The average Bonchev–Trinajstić information content (AvgIpc) is 2.38. The van der Waals surface area contributed by atoms with E-state index in [2.05, 4.69) is 15.7 Å². The van der Waals surface area contributed by atoms with Crippen LogP contribution in [0.1, 0.15) is 0 Å². The summed E-state index contributed by atoms with van der Waals surface area (Å²) in [6.45, 7) is 0.977. The Balaban J connectivity index is 2.58. The van der Waals surface area contributed by atoms with Gasteiger partial charge in [0.25, 0.3) is 5.69 Å². The first kappa shape index (κ1) is 14.1. The molecule has 0 aliphatic carbocycles. The molecule has 0 fully saturated rings. The molecule has 1 heterocycles. The number of aliphatic hydroxyl groups is 1. The van der Waals surface area contributed by atoms with E-state index in [0.717, 1.165) is 0 Å². The van der Waals surface area contributed by atoms with Crippen LogP contribution in [0.4, 0.5) is 17.3 Å². The van der Waals surface area contributed by atoms with E-state index in [1.165, 1.54) is 12.1 Å². The number of rotatable bonds is 8. The van der Waals surface area contributed by atoms with Gasteiger partial charge in [-0.25, -0.2) is 10.8 Å². The van der Waals surface area contributed by atoms with Crippen molar-refractivity contribution in [2.75, 3.05) is 37.1 Å². The minimum Gasteiger partial charge on any atom is -0.394 e. The largest absolute Gasteiger partial charge is 0.394 e. The van der Waals surface area contributed by atoms with Crippen molar-refractivity contribution < 1.29 is 14.8 Å². The van der Waals surface area contributed by atoms with E-state index in [4.69, 9.17) is 15.7 Å². The molecule has 1 aromatic heterocycles. The molecular weight excluding hydrogens is 242 g/mol. The second-order valence-electron chi connectivity index (χ2n) is 3.26. The molecule has 0 aliphatic rings. The molecule has 100 valence electrons. The van der Waals surface area contributed by atoms with Gasteiger partial charge in [-0.2, -0.15) is 0 Å². The fourth-order valence-electron chi connectivity index (χ4n) is 1.20. The van der Waals surface area contributed by atoms with Gasteiger partial charge < -0.3 is 20.6 Å². The first-order valence-corrected chi connectivity index (χ1v) is 5.23. The predicted molar refractivity (Wildman–Crippen MR) is 65.1 cm³/mol. The van der Waals surface area contributed by atoms with Crippen LogP contribution in [0.3, 0.4) is 0 Å². The van der Waals surface area contributed by atoms with E-state index in [9.17, 15) is 10.1 Å². The Labute approximate surface area is 103 Å². The lowest BCUT2D eigenvalue weighted by molar-refractivity contribution is -0.384. The highest BCUT2D eigenvalue weighted by Crippen LogP contribution is 2.19. The van der Waals surface area contributed by atoms with Crippen LogP contribution in [0, 0.1) is 10.1 Å². The van der Waals surface area contributed by atoms with E-state index in [0.29, 0.717) is 19.0 Å². The fourth-order valence-corrected chi connectivity index (χ4v) is 1.20. The predicted octanol–water partition coefficient (Wildman–Crippen LogP) is -0.304. The fraction of sp³-hybridized carbons (Fsp3) is 0.444. The highest BCUT2D eigenvalue weighted by atomic mass is 16.6. The second kappa shape index (κ2) is 7.37. The first-order valence-electron chi connectivity index (χ1n) is 5.23. The summed E-state index contributed by atoms with van der Waals surface area (Å²) < 4.78 is 5.02. The molecule has 0 spiro atoms. The van der Waals surface area contributed by atoms with E-state index >= 15 is 0 Å². The minimum atomic E-state index is -0.532. The number of hydrogen-bond acceptors (Lipinski definition) is 8. The van der Waals surface area contributed by atoms with Crippen LogP contribution in [0.2, 0.25) is 0 Å². The zero-order valence-electron chi connectivity index (χ0n) is 9.63. The Bertz CT molecular complexity index is 401. The van der Waals surface area contributed by atoms with E-state index in [1.54, 1.807) is 0 Å². The van der Waals surface area contributed by atoms with Crippen LogP contribution >= 0.6 is 0 Å². The lowest BCUT2D eigenvalue weighted by Gasteiger charge is -2.07. The quantitative estimate of drug-likeness (QED) is 0.215. The maximum absolute atomic E-state index is 10.7. The number of pyridine rings is 1. The third-order valence-electron chi connectivity index (χ3n) is 1.96. The van der Waals surface area contributed by atoms with Crippen molar-refractivity contribution >= 4 is 17.3 Å². The van der Waals surface area contributed by atoms with Crippen LogP contribution in [0.5, 0.6) is 0 Å². The number of aromatic nitrogens is 1. The number of nitrogens with two attached hydrogens (primary N) is 1. The molecule has 0 saturated heterocycles. The number of nitrogens with one attached hydrogen (secondary N) is 2.